The van der Waals surface area contributed by atoms with E-state index in [9.17, 15) is 18.4 Å². The van der Waals surface area contributed by atoms with Crippen molar-refractivity contribution < 1.29 is 18.4 Å². The van der Waals surface area contributed by atoms with Gasteiger partial charge in [-0.25, -0.2) is 8.78 Å². The molecule has 0 aliphatic carbocycles. The Morgan fingerprint density at radius 2 is 1.58 bits per heavy atom. The van der Waals surface area contributed by atoms with E-state index in [1.807, 2.05) is 26.0 Å². The van der Waals surface area contributed by atoms with Gasteiger partial charge in [-0.3, -0.25) is 9.59 Å². The van der Waals surface area contributed by atoms with Crippen molar-refractivity contribution in [3.8, 4) is 0 Å². The molecular formula is C19H19ClF2N2O2. The molecule has 2 amide bonds. The lowest BCUT2D eigenvalue weighted by Gasteiger charge is -2.25. The quantitative estimate of drug-likeness (QED) is 0.806. The summed E-state index contributed by atoms with van der Waals surface area (Å²) in [5.41, 5.74) is 0.480. The van der Waals surface area contributed by atoms with Crippen molar-refractivity contribution in [1.82, 2.24) is 10.6 Å². The zero-order valence-electron chi connectivity index (χ0n) is 14.4. The second-order valence-corrected chi connectivity index (χ2v) is 6.94. The van der Waals surface area contributed by atoms with Crippen LogP contribution >= 0.6 is 11.6 Å². The fourth-order valence-electron chi connectivity index (χ4n) is 2.33. The lowest BCUT2D eigenvalue weighted by atomic mass is 9.84. The van der Waals surface area contributed by atoms with Crippen LogP contribution in [0.5, 0.6) is 0 Å². The fourth-order valence-corrected chi connectivity index (χ4v) is 2.46. The summed E-state index contributed by atoms with van der Waals surface area (Å²) in [6.45, 7) is 3.97. The average Bonchev–Trinajstić information content (AvgIpc) is 2.57. The van der Waals surface area contributed by atoms with Gasteiger partial charge >= 0.3 is 0 Å². The Labute approximate surface area is 155 Å². The van der Waals surface area contributed by atoms with E-state index in [1.165, 1.54) is 0 Å². The zero-order chi connectivity index (χ0) is 19.3. The smallest absolute Gasteiger partial charge is 0.251 e. The lowest BCUT2D eigenvalue weighted by Crippen LogP contribution is -2.42. The molecule has 0 bridgehead atoms. The van der Waals surface area contributed by atoms with Gasteiger partial charge in [0.15, 0.2) is 0 Å². The summed E-state index contributed by atoms with van der Waals surface area (Å²) >= 11 is 5.87. The third-order valence-electron chi connectivity index (χ3n) is 3.89. The Balaban J connectivity index is 1.86. The SMILES string of the molecule is CC(C)(CNC(=O)CNC(=O)c1cc(F)cc(F)c1)c1ccc(Cl)cc1. The van der Waals surface area contributed by atoms with Crippen molar-refractivity contribution in [2.75, 3.05) is 13.1 Å². The molecule has 0 spiro atoms. The number of halogens is 3. The monoisotopic (exact) mass is 380 g/mol. The van der Waals surface area contributed by atoms with E-state index >= 15 is 0 Å². The van der Waals surface area contributed by atoms with Gasteiger partial charge in [0.1, 0.15) is 11.6 Å². The molecule has 0 aromatic heterocycles. The van der Waals surface area contributed by atoms with Gasteiger partial charge in [0.25, 0.3) is 5.91 Å². The molecule has 0 aliphatic heterocycles. The predicted octanol–water partition coefficient (Wildman–Crippen LogP) is 3.44. The van der Waals surface area contributed by atoms with Crippen molar-refractivity contribution in [1.29, 1.82) is 0 Å². The van der Waals surface area contributed by atoms with Crippen molar-refractivity contribution in [3.05, 3.63) is 70.2 Å². The van der Waals surface area contributed by atoms with Crippen LogP contribution in [-0.2, 0) is 10.2 Å². The minimum atomic E-state index is -0.857. The van der Waals surface area contributed by atoms with Gasteiger partial charge < -0.3 is 10.6 Å². The molecule has 0 atom stereocenters. The molecule has 7 heteroatoms. The van der Waals surface area contributed by atoms with E-state index in [4.69, 9.17) is 11.6 Å². The minimum absolute atomic E-state index is 0.184. The summed E-state index contributed by atoms with van der Waals surface area (Å²) in [5, 5.41) is 5.70. The molecule has 2 aromatic rings. The molecule has 0 heterocycles. The molecule has 2 aromatic carbocycles. The van der Waals surface area contributed by atoms with Crippen LogP contribution in [0.2, 0.25) is 5.02 Å². The van der Waals surface area contributed by atoms with E-state index in [1.54, 1.807) is 12.1 Å². The Bertz CT molecular complexity index is 787. The van der Waals surface area contributed by atoms with Gasteiger partial charge in [0.2, 0.25) is 5.91 Å². The summed E-state index contributed by atoms with van der Waals surface area (Å²) in [6.07, 6.45) is 0. The molecular weight excluding hydrogens is 362 g/mol. The van der Waals surface area contributed by atoms with Gasteiger partial charge in [-0.15, -0.1) is 0 Å². The standard InChI is InChI=1S/C19H19ClF2N2O2/c1-19(2,13-3-5-14(20)6-4-13)11-24-17(25)10-23-18(26)12-7-15(21)9-16(22)8-12/h3-9H,10-11H2,1-2H3,(H,23,26)(H,24,25). The largest absolute Gasteiger partial charge is 0.354 e. The highest BCUT2D eigenvalue weighted by molar-refractivity contribution is 6.30. The number of benzene rings is 2. The van der Waals surface area contributed by atoms with E-state index in [0.717, 1.165) is 17.7 Å². The van der Waals surface area contributed by atoms with Crippen LogP contribution in [0.15, 0.2) is 42.5 Å². The second-order valence-electron chi connectivity index (χ2n) is 6.51. The number of nitrogens with one attached hydrogen (secondary N) is 2. The van der Waals surface area contributed by atoms with Crippen LogP contribution in [0.3, 0.4) is 0 Å². The van der Waals surface area contributed by atoms with Crippen LogP contribution in [-0.4, -0.2) is 24.9 Å². The number of carbonyl (C=O) groups excluding carboxylic acids is 2. The highest BCUT2D eigenvalue weighted by Gasteiger charge is 2.21. The first-order valence-corrected chi connectivity index (χ1v) is 8.32. The topological polar surface area (TPSA) is 58.2 Å². The summed E-state index contributed by atoms with van der Waals surface area (Å²) in [7, 11) is 0. The number of amides is 2. The highest BCUT2D eigenvalue weighted by atomic mass is 35.5. The molecule has 0 saturated heterocycles. The lowest BCUT2D eigenvalue weighted by molar-refractivity contribution is -0.120. The van der Waals surface area contributed by atoms with Crippen molar-refractivity contribution in [2.24, 2.45) is 0 Å². The Morgan fingerprint density at radius 1 is 1.00 bits per heavy atom. The predicted molar refractivity (Wildman–Crippen MR) is 96.2 cm³/mol. The number of carbonyl (C=O) groups is 2. The number of hydrogen-bond acceptors (Lipinski definition) is 2. The molecule has 0 saturated carbocycles. The van der Waals surface area contributed by atoms with E-state index in [0.29, 0.717) is 17.6 Å². The molecule has 4 nitrogen and oxygen atoms in total. The summed E-state index contributed by atoms with van der Waals surface area (Å²) < 4.78 is 26.2. The van der Waals surface area contributed by atoms with Gasteiger partial charge in [-0.05, 0) is 29.8 Å². The summed E-state index contributed by atoms with van der Waals surface area (Å²) in [4.78, 5) is 23.8. The molecule has 0 aliphatic rings. The van der Waals surface area contributed by atoms with E-state index in [2.05, 4.69) is 10.6 Å². The maximum absolute atomic E-state index is 13.1. The van der Waals surface area contributed by atoms with Crippen molar-refractivity contribution in [2.45, 2.75) is 19.3 Å². The second kappa shape index (κ2) is 8.27. The first kappa shape index (κ1) is 19.8. The van der Waals surface area contributed by atoms with Gasteiger partial charge in [0, 0.05) is 28.6 Å². The summed E-state index contributed by atoms with van der Waals surface area (Å²) in [6, 6.07) is 9.80. The van der Waals surface area contributed by atoms with Gasteiger partial charge in [-0.2, -0.15) is 0 Å². The van der Waals surface area contributed by atoms with E-state index in [-0.39, 0.29) is 17.5 Å². The van der Waals surface area contributed by atoms with Crippen molar-refractivity contribution in [3.63, 3.8) is 0 Å². The fraction of sp³-hybridized carbons (Fsp3) is 0.263. The van der Waals surface area contributed by atoms with Crippen molar-refractivity contribution >= 4 is 23.4 Å². The molecule has 138 valence electrons. The minimum Gasteiger partial charge on any atom is -0.354 e. The van der Waals surface area contributed by atoms with Crippen LogP contribution in [0.4, 0.5) is 8.78 Å². The molecule has 0 radical (unpaired) electrons. The van der Waals surface area contributed by atoms with Crippen LogP contribution < -0.4 is 10.6 Å². The zero-order valence-corrected chi connectivity index (χ0v) is 15.2. The Hall–Kier alpha value is -2.47. The van der Waals surface area contributed by atoms with Crippen LogP contribution in [0, 0.1) is 11.6 Å². The maximum atomic E-state index is 13.1. The van der Waals surface area contributed by atoms with Crippen LogP contribution in [0.25, 0.3) is 0 Å². The van der Waals surface area contributed by atoms with Crippen LogP contribution in [0.1, 0.15) is 29.8 Å². The maximum Gasteiger partial charge on any atom is 0.251 e. The normalized spacial score (nSPS) is 11.1. The Morgan fingerprint density at radius 3 is 2.15 bits per heavy atom. The number of hydrogen-bond donors (Lipinski definition) is 2. The third-order valence-corrected chi connectivity index (χ3v) is 4.14. The molecule has 2 rings (SSSR count). The van der Waals surface area contributed by atoms with Gasteiger partial charge in [0.05, 0.1) is 6.54 Å². The third kappa shape index (κ3) is 5.52. The average molecular weight is 381 g/mol. The first-order chi connectivity index (χ1) is 12.2. The molecule has 2 N–H and O–H groups in total. The highest BCUT2D eigenvalue weighted by Crippen LogP contribution is 2.23. The van der Waals surface area contributed by atoms with Gasteiger partial charge in [-0.1, -0.05) is 37.6 Å². The summed E-state index contributed by atoms with van der Waals surface area (Å²) in [5.74, 6) is -2.85. The molecule has 0 fully saturated rings. The Kier molecular flexibility index (Phi) is 6.32. The first-order valence-electron chi connectivity index (χ1n) is 7.94. The molecule has 0 unspecified atom stereocenters. The number of rotatable bonds is 6. The molecule has 26 heavy (non-hydrogen) atoms. The van der Waals surface area contributed by atoms with E-state index < -0.39 is 23.4 Å².